The Morgan fingerprint density at radius 1 is 0.786 bits per heavy atom. The zero-order chi connectivity index (χ0) is 20.6. The number of halogens is 6. The highest BCUT2D eigenvalue weighted by atomic mass is 35.5. The van der Waals surface area contributed by atoms with Crippen LogP contribution in [0.2, 0.25) is 30.1 Å². The second-order valence-corrected chi connectivity index (χ2v) is 8.20. The highest BCUT2D eigenvalue weighted by molar-refractivity contribution is 6.45. The quantitative estimate of drug-likeness (QED) is 0.373. The standard InChI is InChI=1S/C19H9Cl6NO2/c20-8-3-11(18(24)13(22)5-8)10-1-2-15(26-16(10)7-17(27)28)12-4-9(21)6-14(23)19(12)25/h1-6H,7H2,(H,27,28). The van der Waals surface area contributed by atoms with Crippen LogP contribution < -0.4 is 0 Å². The Morgan fingerprint density at radius 3 is 1.89 bits per heavy atom. The van der Waals surface area contributed by atoms with Crippen LogP contribution in [0.15, 0.2) is 36.4 Å². The van der Waals surface area contributed by atoms with E-state index in [-0.39, 0.29) is 32.2 Å². The van der Waals surface area contributed by atoms with Gasteiger partial charge in [-0.2, -0.15) is 0 Å². The number of benzene rings is 2. The summed E-state index contributed by atoms with van der Waals surface area (Å²) in [6.45, 7) is 0. The van der Waals surface area contributed by atoms with Gasteiger partial charge in [0.1, 0.15) is 0 Å². The van der Waals surface area contributed by atoms with Gasteiger partial charge in [0, 0.05) is 26.7 Å². The molecule has 0 amide bonds. The van der Waals surface area contributed by atoms with Crippen LogP contribution in [-0.2, 0) is 11.2 Å². The van der Waals surface area contributed by atoms with Crippen molar-refractivity contribution in [2.45, 2.75) is 6.42 Å². The molecule has 0 bridgehead atoms. The minimum Gasteiger partial charge on any atom is -0.481 e. The summed E-state index contributed by atoms with van der Waals surface area (Å²) in [5, 5.41) is 11.1. The predicted octanol–water partition coefficient (Wildman–Crippen LogP) is 7.96. The lowest BCUT2D eigenvalue weighted by atomic mass is 10.00. The van der Waals surface area contributed by atoms with E-state index in [1.807, 2.05) is 0 Å². The molecule has 3 nitrogen and oxygen atoms in total. The number of rotatable bonds is 4. The first-order valence-corrected chi connectivity index (χ1v) is 9.95. The predicted molar refractivity (Wildman–Crippen MR) is 117 cm³/mol. The second-order valence-electron chi connectivity index (χ2n) is 5.76. The summed E-state index contributed by atoms with van der Waals surface area (Å²) in [6, 6.07) is 9.56. The van der Waals surface area contributed by atoms with E-state index in [2.05, 4.69) is 4.98 Å². The molecule has 0 unspecified atom stereocenters. The minimum atomic E-state index is -1.06. The average Bonchev–Trinajstić information content (AvgIpc) is 2.61. The molecule has 0 spiro atoms. The molecule has 2 aromatic carbocycles. The van der Waals surface area contributed by atoms with Crippen LogP contribution in [0.5, 0.6) is 0 Å². The molecule has 0 fully saturated rings. The molecule has 0 aliphatic rings. The number of aromatic nitrogens is 1. The first kappa shape index (κ1) is 21.5. The maximum atomic E-state index is 11.4. The molecule has 9 heteroatoms. The van der Waals surface area contributed by atoms with Gasteiger partial charge >= 0.3 is 5.97 Å². The van der Waals surface area contributed by atoms with Crippen molar-refractivity contribution >= 4 is 75.6 Å². The van der Waals surface area contributed by atoms with E-state index in [0.29, 0.717) is 32.4 Å². The minimum absolute atomic E-state index is 0.246. The zero-order valence-electron chi connectivity index (χ0n) is 13.7. The molecule has 0 radical (unpaired) electrons. The van der Waals surface area contributed by atoms with Crippen LogP contribution in [0.25, 0.3) is 22.4 Å². The molecule has 144 valence electrons. The summed E-state index contributed by atoms with van der Waals surface area (Å²) in [5.74, 6) is -1.06. The van der Waals surface area contributed by atoms with E-state index < -0.39 is 5.97 Å². The largest absolute Gasteiger partial charge is 0.481 e. The van der Waals surface area contributed by atoms with Crippen molar-refractivity contribution in [2.24, 2.45) is 0 Å². The lowest BCUT2D eigenvalue weighted by Crippen LogP contribution is -2.05. The normalized spacial score (nSPS) is 10.9. The molecule has 28 heavy (non-hydrogen) atoms. The van der Waals surface area contributed by atoms with Gasteiger partial charge < -0.3 is 5.11 Å². The van der Waals surface area contributed by atoms with Crippen LogP contribution in [0.3, 0.4) is 0 Å². The lowest BCUT2D eigenvalue weighted by molar-refractivity contribution is -0.136. The molecule has 0 saturated heterocycles. The maximum Gasteiger partial charge on any atom is 0.309 e. The fourth-order valence-electron chi connectivity index (χ4n) is 2.67. The summed E-state index contributed by atoms with van der Waals surface area (Å²) in [4.78, 5) is 15.9. The summed E-state index contributed by atoms with van der Waals surface area (Å²) in [6.07, 6.45) is -0.352. The zero-order valence-corrected chi connectivity index (χ0v) is 18.3. The number of aliphatic carboxylic acids is 1. The van der Waals surface area contributed by atoms with Crippen molar-refractivity contribution < 1.29 is 9.90 Å². The number of hydrogen-bond acceptors (Lipinski definition) is 2. The third-order valence-electron chi connectivity index (χ3n) is 3.84. The molecule has 3 aromatic rings. The SMILES string of the molecule is O=C(O)Cc1nc(-c2cc(Cl)cc(Cl)c2Cl)ccc1-c1cc(Cl)cc(Cl)c1Cl. The van der Waals surface area contributed by atoms with E-state index in [1.54, 1.807) is 24.3 Å². The third-order valence-corrected chi connectivity index (χ3v) is 5.89. The smallest absolute Gasteiger partial charge is 0.309 e. The van der Waals surface area contributed by atoms with Crippen molar-refractivity contribution in [3.63, 3.8) is 0 Å². The highest BCUT2D eigenvalue weighted by Gasteiger charge is 2.18. The Balaban J connectivity index is 2.24. The van der Waals surface area contributed by atoms with E-state index in [9.17, 15) is 9.90 Å². The molecule has 1 aromatic heterocycles. The van der Waals surface area contributed by atoms with E-state index in [4.69, 9.17) is 69.6 Å². The summed E-state index contributed by atoms with van der Waals surface area (Å²) >= 11 is 36.9. The van der Waals surface area contributed by atoms with E-state index in [1.165, 1.54) is 12.1 Å². The van der Waals surface area contributed by atoms with Crippen LogP contribution >= 0.6 is 69.6 Å². The van der Waals surface area contributed by atoms with Crippen molar-refractivity contribution in [2.75, 3.05) is 0 Å². The number of hydrogen-bond donors (Lipinski definition) is 1. The van der Waals surface area contributed by atoms with Gasteiger partial charge in [0.25, 0.3) is 0 Å². The molecule has 0 atom stereocenters. The fraction of sp³-hybridized carbons (Fsp3) is 0.0526. The first-order valence-electron chi connectivity index (χ1n) is 7.69. The van der Waals surface area contributed by atoms with Crippen molar-refractivity contribution in [1.29, 1.82) is 0 Å². The lowest BCUT2D eigenvalue weighted by Gasteiger charge is -2.14. The van der Waals surface area contributed by atoms with E-state index >= 15 is 0 Å². The Hall–Kier alpha value is -1.20. The van der Waals surface area contributed by atoms with E-state index in [0.717, 1.165) is 0 Å². The molecule has 0 aliphatic carbocycles. The number of carboxylic acids is 1. The molecule has 1 heterocycles. The molecular formula is C19H9Cl6NO2. The Morgan fingerprint density at radius 2 is 1.32 bits per heavy atom. The Bertz CT molecular complexity index is 1100. The fourth-order valence-corrected chi connectivity index (χ4v) is 4.07. The van der Waals surface area contributed by atoms with Gasteiger partial charge in [0.05, 0.1) is 37.9 Å². The molecule has 1 N–H and O–H groups in total. The monoisotopic (exact) mass is 493 g/mol. The van der Waals surface area contributed by atoms with Gasteiger partial charge in [0.2, 0.25) is 0 Å². The van der Waals surface area contributed by atoms with Crippen molar-refractivity contribution in [1.82, 2.24) is 4.98 Å². The van der Waals surface area contributed by atoms with Gasteiger partial charge in [-0.3, -0.25) is 9.78 Å². The number of carbonyl (C=O) groups is 1. The number of carboxylic acid groups (broad SMARTS) is 1. The average molecular weight is 496 g/mol. The summed E-state index contributed by atoms with van der Waals surface area (Å²) in [7, 11) is 0. The van der Waals surface area contributed by atoms with Crippen molar-refractivity contribution in [3.05, 3.63) is 72.2 Å². The highest BCUT2D eigenvalue weighted by Crippen LogP contribution is 2.40. The van der Waals surface area contributed by atoms with Gasteiger partial charge in [-0.15, -0.1) is 0 Å². The summed E-state index contributed by atoms with van der Waals surface area (Å²) < 4.78 is 0. The number of pyridine rings is 1. The van der Waals surface area contributed by atoms with Gasteiger partial charge in [-0.1, -0.05) is 75.7 Å². The summed E-state index contributed by atoms with van der Waals surface area (Å²) in [5.41, 5.74) is 2.12. The van der Waals surface area contributed by atoms with Crippen LogP contribution in [0, 0.1) is 0 Å². The van der Waals surface area contributed by atoms with Crippen LogP contribution in [-0.4, -0.2) is 16.1 Å². The topological polar surface area (TPSA) is 50.2 Å². The Labute approximate surface area is 190 Å². The van der Waals surface area contributed by atoms with Gasteiger partial charge in [0.15, 0.2) is 0 Å². The third kappa shape index (κ3) is 4.51. The molecular weight excluding hydrogens is 487 g/mol. The van der Waals surface area contributed by atoms with Gasteiger partial charge in [-0.25, -0.2) is 0 Å². The first-order chi connectivity index (χ1) is 13.2. The van der Waals surface area contributed by atoms with Gasteiger partial charge in [-0.05, 0) is 30.3 Å². The van der Waals surface area contributed by atoms with Crippen molar-refractivity contribution in [3.8, 4) is 22.4 Å². The van der Waals surface area contributed by atoms with Crippen LogP contribution in [0.4, 0.5) is 0 Å². The number of nitrogens with zero attached hydrogens (tertiary/aromatic N) is 1. The Kier molecular flexibility index (Phi) is 6.65. The maximum absolute atomic E-state index is 11.4. The molecule has 3 rings (SSSR count). The second kappa shape index (κ2) is 8.66. The van der Waals surface area contributed by atoms with Crippen LogP contribution in [0.1, 0.15) is 5.69 Å². The molecule has 0 aliphatic heterocycles. The molecule has 0 saturated carbocycles.